The van der Waals surface area contributed by atoms with Crippen LogP contribution in [0.15, 0.2) is 53.6 Å². The smallest absolute Gasteiger partial charge is 0.282 e. The number of hydrazone groups is 1. The van der Waals surface area contributed by atoms with Crippen molar-refractivity contribution in [1.29, 1.82) is 0 Å². The first-order valence-electron chi connectivity index (χ1n) is 9.12. The molecular formula is C21H16Cl2N4O3S. The number of hydrogen-bond donors (Lipinski definition) is 1. The second-order valence-corrected chi connectivity index (χ2v) is 8.43. The van der Waals surface area contributed by atoms with E-state index in [0.29, 0.717) is 27.5 Å². The van der Waals surface area contributed by atoms with Gasteiger partial charge in [0.05, 0.1) is 23.3 Å². The summed E-state index contributed by atoms with van der Waals surface area (Å²) in [6.45, 7) is 1.37. The number of nitrogens with one attached hydrogen (secondary N) is 1. The summed E-state index contributed by atoms with van der Waals surface area (Å²) in [7, 11) is 1.58. The Kier molecular flexibility index (Phi) is 6.04. The van der Waals surface area contributed by atoms with Crippen LogP contribution in [0.1, 0.15) is 17.9 Å². The van der Waals surface area contributed by atoms with Crippen LogP contribution in [-0.4, -0.2) is 34.0 Å². The molecule has 1 aliphatic rings. The molecule has 10 heteroatoms. The average Bonchev–Trinajstić information content (AvgIpc) is 3.20. The van der Waals surface area contributed by atoms with Crippen molar-refractivity contribution in [2.45, 2.75) is 12.3 Å². The second-order valence-electron chi connectivity index (χ2n) is 6.60. The van der Waals surface area contributed by atoms with Crippen LogP contribution in [0.4, 0.5) is 5.69 Å². The Morgan fingerprint density at radius 3 is 2.65 bits per heavy atom. The molecule has 4 rings (SSSR count). The maximum atomic E-state index is 12.8. The number of rotatable bonds is 4. The van der Waals surface area contributed by atoms with E-state index in [1.54, 1.807) is 43.5 Å². The van der Waals surface area contributed by atoms with Gasteiger partial charge in [-0.1, -0.05) is 47.1 Å². The third-order valence-corrected chi connectivity index (χ3v) is 6.35. The molecule has 2 aromatic carbocycles. The Bertz CT molecular complexity index is 1230. The van der Waals surface area contributed by atoms with Gasteiger partial charge in [0.15, 0.2) is 5.04 Å². The number of halogens is 2. The fraction of sp³-hybridized carbons (Fsp3) is 0.143. The van der Waals surface area contributed by atoms with Gasteiger partial charge in [-0.05, 0) is 36.4 Å². The highest BCUT2D eigenvalue weighted by atomic mass is 35.5. The van der Waals surface area contributed by atoms with E-state index < -0.39 is 11.3 Å². The third kappa shape index (κ3) is 4.32. The lowest BCUT2D eigenvalue weighted by Gasteiger charge is -2.20. The highest BCUT2D eigenvalue weighted by Crippen LogP contribution is 2.43. The Morgan fingerprint density at radius 2 is 1.94 bits per heavy atom. The van der Waals surface area contributed by atoms with Crippen molar-refractivity contribution in [3.63, 3.8) is 0 Å². The van der Waals surface area contributed by atoms with Crippen LogP contribution in [0, 0.1) is 0 Å². The van der Waals surface area contributed by atoms with Crippen LogP contribution in [0.25, 0.3) is 10.9 Å². The number of benzene rings is 2. The molecule has 7 nitrogen and oxygen atoms in total. The van der Waals surface area contributed by atoms with Gasteiger partial charge < -0.3 is 10.1 Å². The number of para-hydroxylation sites is 1. The summed E-state index contributed by atoms with van der Waals surface area (Å²) in [5.74, 6) is -0.139. The summed E-state index contributed by atoms with van der Waals surface area (Å²) in [6.07, 6.45) is 0. The fourth-order valence-corrected chi connectivity index (χ4v) is 4.65. The molecule has 2 amide bonds. The number of carbonyl (C=O) groups excluding carboxylic acids is 2. The largest absolute Gasteiger partial charge is 0.497 e. The lowest BCUT2D eigenvalue weighted by molar-refractivity contribution is -0.129. The van der Waals surface area contributed by atoms with Gasteiger partial charge in [0, 0.05) is 17.9 Å². The van der Waals surface area contributed by atoms with Gasteiger partial charge in [0.2, 0.25) is 5.91 Å². The molecule has 0 saturated carbocycles. The van der Waals surface area contributed by atoms with Crippen LogP contribution in [0.3, 0.4) is 0 Å². The molecule has 0 fully saturated rings. The maximum Gasteiger partial charge on any atom is 0.282 e. The van der Waals surface area contributed by atoms with Crippen LogP contribution in [0.5, 0.6) is 5.75 Å². The van der Waals surface area contributed by atoms with E-state index in [-0.39, 0.29) is 16.1 Å². The molecule has 0 bridgehead atoms. The van der Waals surface area contributed by atoms with Crippen LogP contribution in [0.2, 0.25) is 10.2 Å². The molecule has 0 aliphatic carbocycles. The number of anilines is 1. The minimum absolute atomic E-state index is 0.113. The van der Waals surface area contributed by atoms with E-state index in [9.17, 15) is 9.59 Å². The normalized spacial score (nSPS) is 15.7. The number of pyridine rings is 1. The van der Waals surface area contributed by atoms with E-state index in [0.717, 1.165) is 17.1 Å². The van der Waals surface area contributed by atoms with Crippen molar-refractivity contribution in [3.8, 4) is 5.75 Å². The van der Waals surface area contributed by atoms with Gasteiger partial charge in [-0.3, -0.25) is 9.59 Å². The monoisotopic (exact) mass is 474 g/mol. The van der Waals surface area contributed by atoms with Crippen molar-refractivity contribution in [2.24, 2.45) is 5.10 Å². The highest BCUT2D eigenvalue weighted by molar-refractivity contribution is 8.16. The van der Waals surface area contributed by atoms with Gasteiger partial charge in [-0.15, -0.1) is 0 Å². The van der Waals surface area contributed by atoms with Crippen LogP contribution in [-0.2, 0) is 9.59 Å². The Labute approximate surface area is 192 Å². The first-order chi connectivity index (χ1) is 14.9. The minimum atomic E-state index is -0.639. The molecule has 1 unspecified atom stereocenters. The molecular weight excluding hydrogens is 459 g/mol. The lowest BCUT2D eigenvalue weighted by atomic mass is 10.1. The Morgan fingerprint density at radius 1 is 1.16 bits per heavy atom. The molecule has 1 aromatic heterocycles. The predicted molar refractivity (Wildman–Crippen MR) is 124 cm³/mol. The molecule has 3 aromatic rings. The zero-order chi connectivity index (χ0) is 22.1. The summed E-state index contributed by atoms with van der Waals surface area (Å²) in [6, 6.07) is 14.1. The van der Waals surface area contributed by atoms with E-state index in [2.05, 4.69) is 15.4 Å². The number of aromatic nitrogens is 1. The number of ether oxygens (including phenoxy) is 1. The topological polar surface area (TPSA) is 83.9 Å². The summed E-state index contributed by atoms with van der Waals surface area (Å²) < 4.78 is 5.28. The number of methoxy groups -OCH3 is 1. The third-order valence-electron chi connectivity index (χ3n) is 4.55. The number of carbonyl (C=O) groups is 2. The van der Waals surface area contributed by atoms with Gasteiger partial charge in [0.25, 0.3) is 5.91 Å². The van der Waals surface area contributed by atoms with Crippen molar-refractivity contribution >= 4 is 68.4 Å². The minimum Gasteiger partial charge on any atom is -0.497 e. The highest BCUT2D eigenvalue weighted by Gasteiger charge is 2.36. The molecule has 158 valence electrons. The maximum absolute atomic E-state index is 12.8. The molecule has 0 spiro atoms. The van der Waals surface area contributed by atoms with E-state index in [1.165, 1.54) is 11.9 Å². The number of amides is 2. The SMILES string of the molecule is COc1ccc2nc(Cl)c(C3SC(C(=O)Nc4ccccc4Cl)=NN3C(C)=O)cc2c1. The number of nitrogens with zero attached hydrogens (tertiary/aromatic N) is 3. The van der Waals surface area contributed by atoms with E-state index >= 15 is 0 Å². The number of thioether (sulfide) groups is 1. The standard InChI is InChI=1S/C21H16Cl2N4O3S/c1-11(28)27-21(14-10-12-9-13(30-2)7-8-16(12)24-18(14)23)31-20(26-27)19(29)25-17-6-4-3-5-15(17)22/h3-10,21H,1-2H3,(H,25,29). The quantitative estimate of drug-likeness (QED) is 0.531. The average molecular weight is 475 g/mol. The predicted octanol–water partition coefficient (Wildman–Crippen LogP) is 5.10. The lowest BCUT2D eigenvalue weighted by Crippen LogP contribution is -2.23. The molecule has 1 N–H and O–H groups in total. The first-order valence-corrected chi connectivity index (χ1v) is 10.8. The first kappa shape index (κ1) is 21.4. The zero-order valence-corrected chi connectivity index (χ0v) is 18.8. The van der Waals surface area contributed by atoms with Gasteiger partial charge in [-0.2, -0.15) is 5.10 Å². The van der Waals surface area contributed by atoms with Gasteiger partial charge in [-0.25, -0.2) is 9.99 Å². The van der Waals surface area contributed by atoms with E-state index in [1.807, 2.05) is 12.1 Å². The van der Waals surface area contributed by atoms with Crippen LogP contribution >= 0.6 is 35.0 Å². The van der Waals surface area contributed by atoms with Crippen molar-refractivity contribution in [1.82, 2.24) is 9.99 Å². The van der Waals surface area contributed by atoms with Crippen molar-refractivity contribution < 1.29 is 14.3 Å². The fourth-order valence-electron chi connectivity index (χ4n) is 3.05. The summed E-state index contributed by atoms with van der Waals surface area (Å²) in [5, 5.41) is 9.05. The molecule has 2 heterocycles. The Balaban J connectivity index is 1.66. The van der Waals surface area contributed by atoms with Crippen molar-refractivity contribution in [2.75, 3.05) is 12.4 Å². The Hall–Kier alpha value is -2.81. The number of fused-ring (bicyclic) bond motifs is 1. The molecule has 0 saturated heterocycles. The zero-order valence-electron chi connectivity index (χ0n) is 16.4. The van der Waals surface area contributed by atoms with E-state index in [4.69, 9.17) is 27.9 Å². The summed E-state index contributed by atoms with van der Waals surface area (Å²) in [5.41, 5.74) is 1.70. The molecule has 0 radical (unpaired) electrons. The summed E-state index contributed by atoms with van der Waals surface area (Å²) in [4.78, 5) is 29.5. The van der Waals surface area contributed by atoms with Crippen molar-refractivity contribution in [3.05, 3.63) is 64.3 Å². The van der Waals surface area contributed by atoms with Gasteiger partial charge in [0.1, 0.15) is 16.3 Å². The summed E-state index contributed by atoms with van der Waals surface area (Å²) >= 11 is 13.7. The number of hydrogen-bond acceptors (Lipinski definition) is 6. The molecule has 31 heavy (non-hydrogen) atoms. The van der Waals surface area contributed by atoms with Gasteiger partial charge >= 0.3 is 0 Å². The molecule has 1 atom stereocenters. The van der Waals surface area contributed by atoms with Crippen LogP contribution < -0.4 is 10.1 Å². The molecule has 1 aliphatic heterocycles. The second kappa shape index (κ2) is 8.74.